The van der Waals surface area contributed by atoms with Gasteiger partial charge in [-0.3, -0.25) is 0 Å². The van der Waals surface area contributed by atoms with Gasteiger partial charge in [-0.25, -0.2) is 0 Å². The third-order valence-corrected chi connectivity index (χ3v) is 3.16. The normalized spacial score (nSPS) is 24.2. The third-order valence-electron chi connectivity index (χ3n) is 1.84. The largest absolute Gasteiger partial charge is 0.370 e. The van der Waals surface area contributed by atoms with Crippen LogP contribution in [-0.2, 0) is 4.74 Å². The van der Waals surface area contributed by atoms with E-state index in [9.17, 15) is 0 Å². The van der Waals surface area contributed by atoms with E-state index in [1.165, 1.54) is 4.88 Å². The lowest BCUT2D eigenvalue weighted by Gasteiger charge is -2.22. The van der Waals surface area contributed by atoms with Crippen LogP contribution in [0.15, 0.2) is 12.1 Å². The van der Waals surface area contributed by atoms with Crippen LogP contribution in [0.25, 0.3) is 0 Å². The fourth-order valence-corrected chi connectivity index (χ4v) is 2.36. The van der Waals surface area contributed by atoms with Crippen molar-refractivity contribution in [3.05, 3.63) is 21.3 Å². The second kappa shape index (κ2) is 3.75. The monoisotopic (exact) mass is 203 g/mol. The van der Waals surface area contributed by atoms with Crippen LogP contribution in [0.3, 0.4) is 0 Å². The molecule has 2 heterocycles. The molecular weight excluding hydrogens is 194 g/mol. The third kappa shape index (κ3) is 1.80. The number of thiophene rings is 1. The van der Waals surface area contributed by atoms with Crippen LogP contribution in [0.2, 0.25) is 4.34 Å². The molecule has 4 heteroatoms. The van der Waals surface area contributed by atoms with Gasteiger partial charge < -0.3 is 10.1 Å². The SMILES string of the molecule is Clc1ccc([C@@H]2CNCCO2)s1. The van der Waals surface area contributed by atoms with E-state index in [4.69, 9.17) is 16.3 Å². The molecular formula is C8H10ClNOS. The second-order valence-corrected chi connectivity index (χ2v) is 4.45. The molecule has 1 atom stereocenters. The summed E-state index contributed by atoms with van der Waals surface area (Å²) in [6, 6.07) is 3.95. The summed E-state index contributed by atoms with van der Waals surface area (Å²) in [5.74, 6) is 0. The summed E-state index contributed by atoms with van der Waals surface area (Å²) >= 11 is 7.42. The summed E-state index contributed by atoms with van der Waals surface area (Å²) in [5.41, 5.74) is 0. The van der Waals surface area contributed by atoms with Gasteiger partial charge in [0.2, 0.25) is 0 Å². The molecule has 2 nitrogen and oxygen atoms in total. The standard InChI is InChI=1S/C8H10ClNOS/c9-8-2-1-7(12-8)6-5-10-3-4-11-6/h1-2,6,10H,3-5H2/t6-/m0/s1. The summed E-state index contributed by atoms with van der Waals surface area (Å²) in [6.45, 7) is 2.65. The number of hydrogen-bond donors (Lipinski definition) is 1. The van der Waals surface area contributed by atoms with Crippen LogP contribution in [-0.4, -0.2) is 19.7 Å². The Hall–Kier alpha value is -0.0900. The predicted octanol–water partition coefficient (Wildman–Crippen LogP) is 2.06. The molecule has 1 N–H and O–H groups in total. The molecule has 1 aromatic heterocycles. The second-order valence-electron chi connectivity index (χ2n) is 2.71. The first kappa shape index (κ1) is 8.51. The minimum Gasteiger partial charge on any atom is -0.370 e. The first-order valence-electron chi connectivity index (χ1n) is 3.94. The van der Waals surface area contributed by atoms with Crippen LogP contribution >= 0.6 is 22.9 Å². The Morgan fingerprint density at radius 3 is 3.08 bits per heavy atom. The van der Waals surface area contributed by atoms with Crippen molar-refractivity contribution in [2.75, 3.05) is 19.7 Å². The number of morpholine rings is 1. The Morgan fingerprint density at radius 1 is 1.58 bits per heavy atom. The lowest BCUT2D eigenvalue weighted by molar-refractivity contribution is 0.0299. The summed E-state index contributed by atoms with van der Waals surface area (Å²) in [5, 5.41) is 3.28. The van der Waals surface area contributed by atoms with E-state index < -0.39 is 0 Å². The quantitative estimate of drug-likeness (QED) is 0.755. The van der Waals surface area contributed by atoms with Gasteiger partial charge in [-0.2, -0.15) is 0 Å². The number of rotatable bonds is 1. The van der Waals surface area contributed by atoms with Gasteiger partial charge in [0.15, 0.2) is 0 Å². The van der Waals surface area contributed by atoms with Gasteiger partial charge in [-0.1, -0.05) is 11.6 Å². The molecule has 12 heavy (non-hydrogen) atoms. The molecule has 66 valence electrons. The Labute approximate surface area is 80.5 Å². The van der Waals surface area contributed by atoms with Crippen LogP contribution < -0.4 is 5.32 Å². The van der Waals surface area contributed by atoms with E-state index in [1.54, 1.807) is 11.3 Å². The first-order chi connectivity index (χ1) is 5.86. The van der Waals surface area contributed by atoms with Crippen molar-refractivity contribution in [1.29, 1.82) is 0 Å². The predicted molar refractivity (Wildman–Crippen MR) is 50.9 cm³/mol. The summed E-state index contributed by atoms with van der Waals surface area (Å²) in [4.78, 5) is 1.22. The fourth-order valence-electron chi connectivity index (χ4n) is 1.25. The van der Waals surface area contributed by atoms with Gasteiger partial charge >= 0.3 is 0 Å². The first-order valence-corrected chi connectivity index (χ1v) is 5.13. The summed E-state index contributed by atoms with van der Waals surface area (Å²) in [6.07, 6.45) is 0.205. The Bertz CT molecular complexity index is 257. The summed E-state index contributed by atoms with van der Waals surface area (Å²) < 4.78 is 6.40. The highest BCUT2D eigenvalue weighted by Crippen LogP contribution is 2.29. The van der Waals surface area contributed by atoms with Crippen LogP contribution in [0.4, 0.5) is 0 Å². The minimum absolute atomic E-state index is 0.205. The molecule has 2 rings (SSSR count). The summed E-state index contributed by atoms with van der Waals surface area (Å²) in [7, 11) is 0. The van der Waals surface area contributed by atoms with Crippen molar-refractivity contribution in [3.63, 3.8) is 0 Å². The van der Waals surface area contributed by atoms with Crippen LogP contribution in [0.5, 0.6) is 0 Å². The fraction of sp³-hybridized carbons (Fsp3) is 0.500. The molecule has 0 saturated carbocycles. The highest BCUT2D eigenvalue weighted by Gasteiger charge is 2.16. The Kier molecular flexibility index (Phi) is 2.66. The van der Waals surface area contributed by atoms with Gasteiger partial charge in [0.05, 0.1) is 10.9 Å². The smallest absolute Gasteiger partial charge is 0.104 e. The van der Waals surface area contributed by atoms with E-state index in [2.05, 4.69) is 5.32 Å². The average molecular weight is 204 g/mol. The van der Waals surface area contributed by atoms with Gasteiger partial charge in [0.25, 0.3) is 0 Å². The molecule has 0 unspecified atom stereocenters. The zero-order valence-electron chi connectivity index (χ0n) is 6.55. The molecule has 0 aromatic carbocycles. The zero-order chi connectivity index (χ0) is 8.39. The number of hydrogen-bond acceptors (Lipinski definition) is 3. The zero-order valence-corrected chi connectivity index (χ0v) is 8.12. The highest BCUT2D eigenvalue weighted by molar-refractivity contribution is 7.16. The molecule has 1 aliphatic rings. The number of nitrogens with one attached hydrogen (secondary N) is 1. The van der Waals surface area contributed by atoms with E-state index in [0.29, 0.717) is 0 Å². The Balaban J connectivity index is 2.08. The molecule has 0 bridgehead atoms. The van der Waals surface area contributed by atoms with Gasteiger partial charge in [-0.05, 0) is 12.1 Å². The van der Waals surface area contributed by atoms with Crippen molar-refractivity contribution in [3.8, 4) is 0 Å². The van der Waals surface area contributed by atoms with Crippen LogP contribution in [0, 0.1) is 0 Å². The molecule has 0 aliphatic carbocycles. The molecule has 1 fully saturated rings. The minimum atomic E-state index is 0.205. The lowest BCUT2D eigenvalue weighted by atomic mass is 10.2. The molecule has 0 radical (unpaired) electrons. The van der Waals surface area contributed by atoms with Crippen molar-refractivity contribution >= 4 is 22.9 Å². The number of halogens is 1. The van der Waals surface area contributed by atoms with Gasteiger partial charge in [0, 0.05) is 18.0 Å². The van der Waals surface area contributed by atoms with Crippen molar-refractivity contribution in [2.45, 2.75) is 6.10 Å². The van der Waals surface area contributed by atoms with Gasteiger partial charge in [0.1, 0.15) is 6.10 Å². The molecule has 1 aromatic rings. The van der Waals surface area contributed by atoms with Crippen molar-refractivity contribution < 1.29 is 4.74 Å². The average Bonchev–Trinajstić information content (AvgIpc) is 2.54. The van der Waals surface area contributed by atoms with Crippen LogP contribution in [0.1, 0.15) is 11.0 Å². The topological polar surface area (TPSA) is 21.3 Å². The van der Waals surface area contributed by atoms with E-state index >= 15 is 0 Å². The van der Waals surface area contributed by atoms with E-state index in [-0.39, 0.29) is 6.10 Å². The van der Waals surface area contributed by atoms with Gasteiger partial charge in [-0.15, -0.1) is 11.3 Å². The van der Waals surface area contributed by atoms with E-state index in [0.717, 1.165) is 24.0 Å². The Morgan fingerprint density at radius 2 is 2.50 bits per heavy atom. The van der Waals surface area contributed by atoms with Crippen molar-refractivity contribution in [1.82, 2.24) is 5.32 Å². The highest BCUT2D eigenvalue weighted by atomic mass is 35.5. The maximum Gasteiger partial charge on any atom is 0.104 e. The maximum atomic E-state index is 5.82. The maximum absolute atomic E-state index is 5.82. The molecule has 1 saturated heterocycles. The van der Waals surface area contributed by atoms with E-state index in [1.807, 2.05) is 12.1 Å². The molecule has 0 amide bonds. The molecule has 0 spiro atoms. The number of ether oxygens (including phenoxy) is 1. The molecule has 1 aliphatic heterocycles. The lowest BCUT2D eigenvalue weighted by Crippen LogP contribution is -2.32. The van der Waals surface area contributed by atoms with Crippen molar-refractivity contribution in [2.24, 2.45) is 0 Å².